The molecule has 0 aromatic heterocycles. The molecule has 1 rings (SSSR count). The normalized spacial score (nSPS) is 10.1. The first-order valence-electron chi connectivity index (χ1n) is 4.89. The van der Waals surface area contributed by atoms with Crippen LogP contribution in [0.1, 0.15) is 22.3 Å². The van der Waals surface area contributed by atoms with E-state index in [1.165, 1.54) is 0 Å². The van der Waals surface area contributed by atoms with Crippen LogP contribution in [0.3, 0.4) is 0 Å². The zero-order chi connectivity index (χ0) is 11.3. The molecular weight excluding hydrogens is 256 g/mol. The first-order valence-corrected chi connectivity index (χ1v) is 5.69. The molecule has 1 aromatic rings. The molecule has 4 heteroatoms. The van der Waals surface area contributed by atoms with Gasteiger partial charge in [0.15, 0.2) is 0 Å². The molecule has 0 heterocycles. The highest BCUT2D eigenvalue weighted by Crippen LogP contribution is 2.17. The number of benzene rings is 1. The van der Waals surface area contributed by atoms with Crippen molar-refractivity contribution < 1.29 is 4.79 Å². The number of aryl methyl sites for hydroxylation is 1. The third-order valence-corrected chi connectivity index (χ3v) is 2.69. The third-order valence-electron chi connectivity index (χ3n) is 2.04. The molecule has 3 nitrogen and oxygen atoms in total. The second-order valence-corrected chi connectivity index (χ2v) is 4.24. The van der Waals surface area contributed by atoms with Gasteiger partial charge >= 0.3 is 0 Å². The van der Waals surface area contributed by atoms with Crippen molar-refractivity contribution in [2.24, 2.45) is 5.73 Å². The summed E-state index contributed by atoms with van der Waals surface area (Å²) in [5, 5.41) is 2.81. The summed E-state index contributed by atoms with van der Waals surface area (Å²) in [5.41, 5.74) is 7.13. The van der Waals surface area contributed by atoms with Gasteiger partial charge in [-0.15, -0.1) is 0 Å². The van der Waals surface area contributed by atoms with Crippen LogP contribution in [0.25, 0.3) is 0 Å². The number of nitrogens with one attached hydrogen (secondary N) is 1. The Morgan fingerprint density at radius 3 is 2.87 bits per heavy atom. The summed E-state index contributed by atoms with van der Waals surface area (Å²) in [6, 6.07) is 5.66. The van der Waals surface area contributed by atoms with Gasteiger partial charge in [-0.3, -0.25) is 4.79 Å². The Bertz CT molecular complexity index is 352. The second-order valence-electron chi connectivity index (χ2n) is 3.38. The van der Waals surface area contributed by atoms with Gasteiger partial charge in [-0.25, -0.2) is 0 Å². The van der Waals surface area contributed by atoms with Crippen molar-refractivity contribution in [3.63, 3.8) is 0 Å². The van der Waals surface area contributed by atoms with Crippen molar-refractivity contribution in [3.8, 4) is 0 Å². The van der Waals surface area contributed by atoms with Crippen LogP contribution in [-0.4, -0.2) is 19.0 Å². The average Bonchev–Trinajstić information content (AvgIpc) is 2.17. The van der Waals surface area contributed by atoms with Gasteiger partial charge in [0.05, 0.1) is 5.56 Å². The maximum atomic E-state index is 11.7. The lowest BCUT2D eigenvalue weighted by molar-refractivity contribution is 0.0952. The highest BCUT2D eigenvalue weighted by molar-refractivity contribution is 9.10. The molecule has 15 heavy (non-hydrogen) atoms. The van der Waals surface area contributed by atoms with E-state index in [0.29, 0.717) is 18.7 Å². The minimum Gasteiger partial charge on any atom is -0.352 e. The van der Waals surface area contributed by atoms with Crippen molar-refractivity contribution in [1.29, 1.82) is 0 Å². The molecule has 3 N–H and O–H groups in total. The Morgan fingerprint density at radius 2 is 2.27 bits per heavy atom. The van der Waals surface area contributed by atoms with Crippen molar-refractivity contribution in [2.75, 3.05) is 13.1 Å². The number of carbonyl (C=O) groups excluding carboxylic acids is 1. The van der Waals surface area contributed by atoms with E-state index >= 15 is 0 Å². The van der Waals surface area contributed by atoms with Crippen LogP contribution < -0.4 is 11.1 Å². The predicted molar refractivity (Wildman–Crippen MR) is 64.9 cm³/mol. The number of amides is 1. The monoisotopic (exact) mass is 270 g/mol. The minimum atomic E-state index is -0.0599. The largest absolute Gasteiger partial charge is 0.352 e. The maximum absolute atomic E-state index is 11.7. The molecule has 0 fully saturated rings. The van der Waals surface area contributed by atoms with Crippen LogP contribution in [0.2, 0.25) is 0 Å². The number of hydrogen-bond donors (Lipinski definition) is 2. The zero-order valence-corrected chi connectivity index (χ0v) is 10.3. The molecule has 0 saturated carbocycles. The van der Waals surface area contributed by atoms with Gasteiger partial charge in [0.25, 0.3) is 5.91 Å². The zero-order valence-electron chi connectivity index (χ0n) is 8.72. The molecule has 0 unspecified atom stereocenters. The summed E-state index contributed by atoms with van der Waals surface area (Å²) in [6.07, 6.45) is 0.801. The van der Waals surface area contributed by atoms with Crippen LogP contribution in [0.15, 0.2) is 22.7 Å². The SMILES string of the molecule is Cc1ccc(C(=O)NCCCN)c(Br)c1. The molecule has 0 atom stereocenters. The number of carbonyl (C=O) groups is 1. The van der Waals surface area contributed by atoms with Gasteiger partial charge < -0.3 is 11.1 Å². The fourth-order valence-corrected chi connectivity index (χ4v) is 1.88. The van der Waals surface area contributed by atoms with Crippen LogP contribution in [-0.2, 0) is 0 Å². The van der Waals surface area contributed by atoms with E-state index in [4.69, 9.17) is 5.73 Å². The van der Waals surface area contributed by atoms with Crippen LogP contribution in [0, 0.1) is 6.92 Å². The summed E-state index contributed by atoms with van der Waals surface area (Å²) in [5.74, 6) is -0.0599. The number of halogens is 1. The molecule has 0 spiro atoms. The molecule has 1 amide bonds. The number of rotatable bonds is 4. The van der Waals surface area contributed by atoms with E-state index in [2.05, 4.69) is 21.2 Å². The molecule has 0 aliphatic carbocycles. The summed E-state index contributed by atoms with van der Waals surface area (Å²) in [6.45, 7) is 3.20. The van der Waals surface area contributed by atoms with Gasteiger partial charge in [0.2, 0.25) is 0 Å². The Balaban J connectivity index is 2.65. The molecule has 82 valence electrons. The summed E-state index contributed by atoms with van der Waals surface area (Å²) >= 11 is 3.37. The molecular formula is C11H15BrN2O. The Hall–Kier alpha value is -0.870. The minimum absolute atomic E-state index is 0.0599. The van der Waals surface area contributed by atoms with Gasteiger partial charge in [-0.05, 0) is 53.5 Å². The molecule has 0 aliphatic rings. The van der Waals surface area contributed by atoms with E-state index < -0.39 is 0 Å². The maximum Gasteiger partial charge on any atom is 0.252 e. The quantitative estimate of drug-likeness (QED) is 0.821. The summed E-state index contributed by atoms with van der Waals surface area (Å²) < 4.78 is 0.827. The fraction of sp³-hybridized carbons (Fsp3) is 0.364. The molecule has 1 aromatic carbocycles. The van der Waals surface area contributed by atoms with Gasteiger partial charge in [0.1, 0.15) is 0 Å². The topological polar surface area (TPSA) is 55.1 Å². The fourth-order valence-electron chi connectivity index (χ4n) is 1.20. The van der Waals surface area contributed by atoms with Crippen LogP contribution >= 0.6 is 15.9 Å². The Labute approximate surface area is 98.2 Å². The van der Waals surface area contributed by atoms with E-state index in [9.17, 15) is 4.79 Å². The van der Waals surface area contributed by atoms with E-state index in [-0.39, 0.29) is 5.91 Å². The average molecular weight is 271 g/mol. The highest BCUT2D eigenvalue weighted by atomic mass is 79.9. The van der Waals surface area contributed by atoms with Crippen LogP contribution in [0.5, 0.6) is 0 Å². The Kier molecular flexibility index (Phi) is 4.78. The first-order chi connectivity index (χ1) is 7.15. The second kappa shape index (κ2) is 5.88. The smallest absolute Gasteiger partial charge is 0.252 e. The number of nitrogens with two attached hydrogens (primary N) is 1. The molecule has 0 aliphatic heterocycles. The predicted octanol–water partition coefficient (Wildman–Crippen LogP) is 1.84. The lowest BCUT2D eigenvalue weighted by atomic mass is 10.1. The molecule has 0 bridgehead atoms. The van der Waals surface area contributed by atoms with Crippen LogP contribution in [0.4, 0.5) is 0 Å². The van der Waals surface area contributed by atoms with Gasteiger partial charge in [-0.2, -0.15) is 0 Å². The highest BCUT2D eigenvalue weighted by Gasteiger charge is 2.08. The third kappa shape index (κ3) is 3.64. The van der Waals surface area contributed by atoms with Crippen molar-refractivity contribution >= 4 is 21.8 Å². The standard InChI is InChI=1S/C11H15BrN2O/c1-8-3-4-9(10(12)7-8)11(15)14-6-2-5-13/h3-4,7H,2,5-6,13H2,1H3,(H,14,15). The summed E-state index contributed by atoms with van der Waals surface area (Å²) in [4.78, 5) is 11.7. The first kappa shape index (κ1) is 12.2. The van der Waals surface area contributed by atoms with E-state index in [0.717, 1.165) is 16.5 Å². The molecule has 0 saturated heterocycles. The summed E-state index contributed by atoms with van der Waals surface area (Å²) in [7, 11) is 0. The van der Waals surface area contributed by atoms with Gasteiger partial charge in [-0.1, -0.05) is 6.07 Å². The van der Waals surface area contributed by atoms with Crippen molar-refractivity contribution in [3.05, 3.63) is 33.8 Å². The lowest BCUT2D eigenvalue weighted by Gasteiger charge is -2.06. The van der Waals surface area contributed by atoms with E-state index in [1.54, 1.807) is 0 Å². The van der Waals surface area contributed by atoms with Gasteiger partial charge in [0, 0.05) is 11.0 Å². The van der Waals surface area contributed by atoms with Crippen molar-refractivity contribution in [1.82, 2.24) is 5.32 Å². The molecule has 0 radical (unpaired) electrons. The number of hydrogen-bond acceptors (Lipinski definition) is 2. The lowest BCUT2D eigenvalue weighted by Crippen LogP contribution is -2.26. The Morgan fingerprint density at radius 1 is 1.53 bits per heavy atom. The van der Waals surface area contributed by atoms with Crippen molar-refractivity contribution in [2.45, 2.75) is 13.3 Å². The van der Waals surface area contributed by atoms with E-state index in [1.807, 2.05) is 25.1 Å².